The van der Waals surface area contributed by atoms with Crippen LogP contribution < -0.4 is 10.2 Å². The monoisotopic (exact) mass is 477 g/mol. The molecular weight excluding hydrogens is 446 g/mol. The molecule has 0 saturated carbocycles. The molecular formula is C27H31N3O3S. The van der Waals surface area contributed by atoms with E-state index in [-0.39, 0.29) is 12.1 Å². The molecule has 1 N–H and O–H groups in total. The number of carbonyl (C=O) groups excluding carboxylic acids is 3. The normalized spacial score (nSPS) is 20.6. The average Bonchev–Trinajstić information content (AvgIpc) is 3.01. The molecule has 2 aromatic rings. The molecule has 1 saturated heterocycles. The Morgan fingerprint density at radius 2 is 1.91 bits per heavy atom. The van der Waals surface area contributed by atoms with Crippen LogP contribution in [-0.4, -0.2) is 41.1 Å². The van der Waals surface area contributed by atoms with Crippen molar-refractivity contribution < 1.29 is 14.4 Å². The lowest BCUT2D eigenvalue weighted by Crippen LogP contribution is -2.45. The van der Waals surface area contributed by atoms with Gasteiger partial charge in [-0.3, -0.25) is 19.3 Å². The van der Waals surface area contributed by atoms with Gasteiger partial charge in [0, 0.05) is 24.0 Å². The third-order valence-electron chi connectivity index (χ3n) is 6.79. The maximum Gasteiger partial charge on any atom is 0.294 e. The van der Waals surface area contributed by atoms with Crippen LogP contribution in [-0.2, 0) is 9.59 Å². The average molecular weight is 478 g/mol. The molecule has 2 aliphatic rings. The number of carbonyl (C=O) groups is 3. The van der Waals surface area contributed by atoms with Crippen molar-refractivity contribution in [1.82, 2.24) is 4.90 Å². The quantitative estimate of drug-likeness (QED) is 0.572. The first-order valence-electron chi connectivity index (χ1n) is 11.5. The number of hydrogen-bond donors (Lipinski definition) is 1. The summed E-state index contributed by atoms with van der Waals surface area (Å²) in [5.41, 5.74) is 6.09. The van der Waals surface area contributed by atoms with Crippen molar-refractivity contribution in [3.05, 3.63) is 63.6 Å². The Kier molecular flexibility index (Phi) is 6.34. The van der Waals surface area contributed by atoms with Crippen molar-refractivity contribution in [1.29, 1.82) is 0 Å². The molecule has 0 aromatic heterocycles. The number of hydrogen-bond acceptors (Lipinski definition) is 5. The topological polar surface area (TPSA) is 69.7 Å². The van der Waals surface area contributed by atoms with Gasteiger partial charge in [0.1, 0.15) is 6.54 Å². The molecule has 34 heavy (non-hydrogen) atoms. The van der Waals surface area contributed by atoms with E-state index in [0.29, 0.717) is 16.5 Å². The predicted octanol–water partition coefficient (Wildman–Crippen LogP) is 5.70. The molecule has 178 valence electrons. The summed E-state index contributed by atoms with van der Waals surface area (Å²) in [6, 6.07) is 11.9. The van der Waals surface area contributed by atoms with E-state index in [0.717, 1.165) is 39.8 Å². The van der Waals surface area contributed by atoms with E-state index in [2.05, 4.69) is 50.2 Å². The van der Waals surface area contributed by atoms with Gasteiger partial charge in [-0.2, -0.15) is 0 Å². The highest BCUT2D eigenvalue weighted by atomic mass is 32.2. The molecule has 7 heteroatoms. The fraction of sp³-hybridized carbons (Fsp3) is 0.370. The SMILES string of the molecule is Cc1ccc(NC(=O)CN2C(=O)S/C(=C\c3ccc4c(c3)C(C)CC(C)(C)N4C)C2=O)c(C)c1. The van der Waals surface area contributed by atoms with Crippen LogP contribution in [0.2, 0.25) is 0 Å². The Balaban J connectivity index is 1.50. The summed E-state index contributed by atoms with van der Waals surface area (Å²) >= 11 is 0.877. The molecule has 0 aliphatic carbocycles. The molecule has 4 rings (SSSR count). The second kappa shape index (κ2) is 8.95. The van der Waals surface area contributed by atoms with Crippen molar-refractivity contribution in [2.75, 3.05) is 23.8 Å². The van der Waals surface area contributed by atoms with Gasteiger partial charge in [-0.25, -0.2) is 0 Å². The zero-order chi connectivity index (χ0) is 24.8. The number of nitrogens with zero attached hydrogens (tertiary/aromatic N) is 2. The molecule has 2 heterocycles. The number of benzene rings is 2. The van der Waals surface area contributed by atoms with Crippen molar-refractivity contribution in [2.24, 2.45) is 0 Å². The lowest BCUT2D eigenvalue weighted by Gasteiger charge is -2.45. The van der Waals surface area contributed by atoms with Crippen LogP contribution in [0.3, 0.4) is 0 Å². The second-order valence-corrected chi connectivity index (χ2v) is 10.9. The van der Waals surface area contributed by atoms with E-state index < -0.39 is 17.1 Å². The lowest BCUT2D eigenvalue weighted by molar-refractivity contribution is -0.127. The molecule has 2 aliphatic heterocycles. The van der Waals surface area contributed by atoms with Gasteiger partial charge in [0.25, 0.3) is 11.1 Å². The summed E-state index contributed by atoms with van der Waals surface area (Å²) in [7, 11) is 2.11. The summed E-state index contributed by atoms with van der Waals surface area (Å²) in [5.74, 6) is -0.447. The first-order chi connectivity index (χ1) is 16.0. The number of anilines is 2. The number of rotatable bonds is 4. The Labute approximate surface area is 205 Å². The Morgan fingerprint density at radius 1 is 1.18 bits per heavy atom. The number of fused-ring (bicyclic) bond motifs is 1. The molecule has 2 aromatic carbocycles. The highest BCUT2D eigenvalue weighted by Gasteiger charge is 2.37. The fourth-order valence-corrected chi connectivity index (χ4v) is 5.60. The zero-order valence-corrected chi connectivity index (χ0v) is 21.4. The van der Waals surface area contributed by atoms with Gasteiger partial charge in [0.2, 0.25) is 5.91 Å². The third-order valence-corrected chi connectivity index (χ3v) is 7.69. The standard InChI is InChI=1S/C27H31N3O3S/c1-16-7-9-21(17(2)11-16)28-24(31)15-30-25(32)23(34-26(30)33)13-19-8-10-22-20(12-19)18(3)14-27(4,5)29(22)6/h7-13,18H,14-15H2,1-6H3,(H,28,31)/b23-13-. The van der Waals surface area contributed by atoms with Crippen LogP contribution in [0, 0.1) is 13.8 Å². The Morgan fingerprint density at radius 3 is 2.62 bits per heavy atom. The van der Waals surface area contributed by atoms with E-state index in [1.165, 1.54) is 11.3 Å². The summed E-state index contributed by atoms with van der Waals surface area (Å²) in [5, 5.41) is 2.37. The van der Waals surface area contributed by atoms with Crippen LogP contribution in [0.1, 0.15) is 55.4 Å². The second-order valence-electron chi connectivity index (χ2n) is 9.93. The number of thioether (sulfide) groups is 1. The number of amides is 3. The van der Waals surface area contributed by atoms with Crippen LogP contribution in [0.15, 0.2) is 41.3 Å². The number of imide groups is 1. The lowest BCUT2D eigenvalue weighted by atomic mass is 9.80. The van der Waals surface area contributed by atoms with Crippen molar-refractivity contribution >= 4 is 46.3 Å². The highest BCUT2D eigenvalue weighted by molar-refractivity contribution is 8.18. The van der Waals surface area contributed by atoms with E-state index >= 15 is 0 Å². The van der Waals surface area contributed by atoms with Crippen LogP contribution in [0.25, 0.3) is 6.08 Å². The van der Waals surface area contributed by atoms with Crippen molar-refractivity contribution in [3.8, 4) is 0 Å². The first-order valence-corrected chi connectivity index (χ1v) is 12.3. The summed E-state index contributed by atoms with van der Waals surface area (Å²) in [4.78, 5) is 41.7. The third kappa shape index (κ3) is 4.62. The molecule has 0 bridgehead atoms. The fourth-order valence-electron chi connectivity index (χ4n) is 4.76. The Hall–Kier alpha value is -3.06. The molecule has 1 fully saturated rings. The van der Waals surface area contributed by atoms with Crippen LogP contribution >= 0.6 is 11.8 Å². The van der Waals surface area contributed by atoms with Gasteiger partial charge in [0.05, 0.1) is 4.91 Å². The molecule has 0 radical (unpaired) electrons. The van der Waals surface area contributed by atoms with Gasteiger partial charge in [-0.05, 0) is 92.8 Å². The van der Waals surface area contributed by atoms with Gasteiger partial charge in [0.15, 0.2) is 0 Å². The first kappa shape index (κ1) is 24.1. The number of aryl methyl sites for hydroxylation is 2. The molecule has 3 amide bonds. The van der Waals surface area contributed by atoms with Crippen LogP contribution in [0.4, 0.5) is 16.2 Å². The van der Waals surface area contributed by atoms with Crippen molar-refractivity contribution in [3.63, 3.8) is 0 Å². The van der Waals surface area contributed by atoms with Gasteiger partial charge in [-0.1, -0.05) is 30.7 Å². The largest absolute Gasteiger partial charge is 0.369 e. The van der Waals surface area contributed by atoms with Gasteiger partial charge in [-0.15, -0.1) is 0 Å². The summed E-state index contributed by atoms with van der Waals surface area (Å²) in [6.45, 7) is 10.3. The minimum atomic E-state index is -0.435. The summed E-state index contributed by atoms with van der Waals surface area (Å²) < 4.78 is 0. The van der Waals surface area contributed by atoms with E-state index in [9.17, 15) is 14.4 Å². The van der Waals surface area contributed by atoms with E-state index in [1.54, 1.807) is 6.08 Å². The molecule has 6 nitrogen and oxygen atoms in total. The van der Waals surface area contributed by atoms with Gasteiger partial charge < -0.3 is 10.2 Å². The van der Waals surface area contributed by atoms with Gasteiger partial charge >= 0.3 is 0 Å². The number of nitrogens with one attached hydrogen (secondary N) is 1. The minimum absolute atomic E-state index is 0.0777. The zero-order valence-electron chi connectivity index (χ0n) is 20.6. The maximum absolute atomic E-state index is 12.9. The summed E-state index contributed by atoms with van der Waals surface area (Å²) in [6.07, 6.45) is 2.78. The van der Waals surface area contributed by atoms with Crippen LogP contribution in [0.5, 0.6) is 0 Å². The van der Waals surface area contributed by atoms with E-state index in [4.69, 9.17) is 0 Å². The highest BCUT2D eigenvalue weighted by Crippen LogP contribution is 2.43. The van der Waals surface area contributed by atoms with Crippen molar-refractivity contribution in [2.45, 2.75) is 52.5 Å². The minimum Gasteiger partial charge on any atom is -0.369 e. The molecule has 1 unspecified atom stereocenters. The smallest absolute Gasteiger partial charge is 0.294 e. The molecule has 1 atom stereocenters. The maximum atomic E-state index is 12.9. The Bertz CT molecular complexity index is 1220. The predicted molar refractivity (Wildman–Crippen MR) is 139 cm³/mol. The molecule has 0 spiro atoms. The van der Waals surface area contributed by atoms with E-state index in [1.807, 2.05) is 38.1 Å².